The number of nitrogens with two attached hydrogens (primary N) is 1. The number of carbonyl (C=O) groups is 1. The molecule has 210 valence electrons. The number of rotatable bonds is 13. The van der Waals surface area contributed by atoms with Crippen molar-refractivity contribution < 1.29 is 28.2 Å². The lowest BCUT2D eigenvalue weighted by atomic mass is 9.93. The summed E-state index contributed by atoms with van der Waals surface area (Å²) in [6.45, 7) is 6.33. The van der Waals surface area contributed by atoms with Gasteiger partial charge < -0.3 is 20.7 Å². The van der Waals surface area contributed by atoms with Gasteiger partial charge in [-0.15, -0.1) is 0 Å². The van der Waals surface area contributed by atoms with Crippen molar-refractivity contribution in [3.63, 3.8) is 0 Å². The van der Waals surface area contributed by atoms with Gasteiger partial charge >= 0.3 is 6.09 Å². The summed E-state index contributed by atoms with van der Waals surface area (Å²) >= 11 is 0. The smallest absolute Gasteiger partial charge is 0.407 e. The topological polar surface area (TPSA) is 133 Å². The number of amides is 1. The molecule has 9 nitrogen and oxygen atoms in total. The molecule has 1 fully saturated rings. The Morgan fingerprint density at radius 2 is 1.76 bits per heavy atom. The molecule has 1 aliphatic rings. The number of benzene rings is 2. The summed E-state index contributed by atoms with van der Waals surface area (Å²) in [5, 5.41) is 21.9. The Labute approximate surface area is 226 Å². The van der Waals surface area contributed by atoms with Crippen molar-refractivity contribution in [3.8, 4) is 0 Å². The van der Waals surface area contributed by atoms with Crippen molar-refractivity contribution in [2.45, 2.75) is 69.1 Å². The molecule has 2 aromatic carbocycles. The molecule has 3 rings (SSSR count). The largest absolute Gasteiger partial charge is 0.465 e. The predicted octanol–water partition coefficient (Wildman–Crippen LogP) is 3.83. The van der Waals surface area contributed by atoms with Crippen molar-refractivity contribution in [2.75, 3.05) is 32.0 Å². The van der Waals surface area contributed by atoms with Crippen LogP contribution in [0.4, 0.5) is 10.5 Å². The Hall–Kier alpha value is -2.66. The van der Waals surface area contributed by atoms with Gasteiger partial charge in [0.2, 0.25) is 10.0 Å². The molecule has 1 heterocycles. The highest BCUT2D eigenvalue weighted by molar-refractivity contribution is 7.89. The van der Waals surface area contributed by atoms with Crippen molar-refractivity contribution in [1.82, 2.24) is 9.21 Å². The maximum atomic E-state index is 13.6. The first-order valence-corrected chi connectivity index (χ1v) is 14.6. The van der Waals surface area contributed by atoms with Gasteiger partial charge in [0.15, 0.2) is 0 Å². The van der Waals surface area contributed by atoms with Crippen LogP contribution in [0.15, 0.2) is 59.5 Å². The molecule has 0 aromatic heterocycles. The number of hydrogen-bond donors (Lipinski definition) is 3. The summed E-state index contributed by atoms with van der Waals surface area (Å²) in [5.74, 6) is -0.0239. The van der Waals surface area contributed by atoms with E-state index in [1.807, 2.05) is 51.1 Å². The lowest BCUT2D eigenvalue weighted by molar-refractivity contribution is -0.0456. The Morgan fingerprint density at radius 3 is 2.29 bits per heavy atom. The highest BCUT2D eigenvalue weighted by Crippen LogP contribution is 2.32. The molecule has 3 atom stereocenters. The summed E-state index contributed by atoms with van der Waals surface area (Å²) < 4.78 is 34.4. The van der Waals surface area contributed by atoms with Gasteiger partial charge in [0, 0.05) is 25.4 Å². The number of aliphatic hydroxyl groups excluding tert-OH is 1. The summed E-state index contributed by atoms with van der Waals surface area (Å²) in [4.78, 5) is 13.9. The molecule has 0 aliphatic carbocycles. The quantitative estimate of drug-likeness (QED) is 0.325. The summed E-state index contributed by atoms with van der Waals surface area (Å²) in [5.41, 5.74) is 6.42. The highest BCUT2D eigenvalue weighted by atomic mass is 32.2. The third-order valence-corrected chi connectivity index (χ3v) is 8.99. The second-order valence-electron chi connectivity index (χ2n) is 10.5. The van der Waals surface area contributed by atoms with E-state index in [-0.39, 0.29) is 36.9 Å². The summed E-state index contributed by atoms with van der Waals surface area (Å²) in [6, 6.07) is 14.4. The minimum atomic E-state index is -3.97. The van der Waals surface area contributed by atoms with Gasteiger partial charge in [-0.05, 0) is 61.4 Å². The number of aliphatic hydroxyl groups is 1. The van der Waals surface area contributed by atoms with E-state index in [0.29, 0.717) is 18.7 Å². The third kappa shape index (κ3) is 7.47. The Bertz CT molecular complexity index is 1130. The zero-order chi connectivity index (χ0) is 27.9. The second kappa shape index (κ2) is 12.9. The molecule has 38 heavy (non-hydrogen) atoms. The van der Waals surface area contributed by atoms with E-state index in [9.17, 15) is 23.4 Å². The van der Waals surface area contributed by atoms with Crippen LogP contribution in [0.2, 0.25) is 0 Å². The van der Waals surface area contributed by atoms with E-state index in [4.69, 9.17) is 10.5 Å². The molecule has 1 unspecified atom stereocenters. The molecule has 2 aromatic rings. The zero-order valence-electron chi connectivity index (χ0n) is 22.5. The maximum absolute atomic E-state index is 13.6. The van der Waals surface area contributed by atoms with Crippen molar-refractivity contribution in [2.24, 2.45) is 5.92 Å². The normalized spacial score (nSPS) is 19.5. The molecule has 0 spiro atoms. The monoisotopic (exact) mass is 547 g/mol. The van der Waals surface area contributed by atoms with Crippen LogP contribution in [0.5, 0.6) is 0 Å². The third-order valence-electron chi connectivity index (χ3n) is 7.14. The fourth-order valence-electron chi connectivity index (χ4n) is 5.01. The molecule has 10 heteroatoms. The highest BCUT2D eigenvalue weighted by Gasteiger charge is 2.41. The number of nitrogens with zero attached hydrogens (tertiary/aromatic N) is 2. The first kappa shape index (κ1) is 29.9. The molecule has 1 saturated heterocycles. The fraction of sp³-hybridized carbons (Fsp3) is 0.536. The van der Waals surface area contributed by atoms with Crippen molar-refractivity contribution in [3.05, 3.63) is 60.2 Å². The minimum Gasteiger partial charge on any atom is -0.465 e. The minimum absolute atomic E-state index is 0.0239. The Balaban J connectivity index is 1.96. The zero-order valence-corrected chi connectivity index (χ0v) is 23.3. The molecule has 1 amide bonds. The number of sulfonamides is 1. The van der Waals surface area contributed by atoms with Crippen LogP contribution >= 0.6 is 0 Å². The molecular weight excluding hydrogens is 506 g/mol. The van der Waals surface area contributed by atoms with Gasteiger partial charge in [0.1, 0.15) is 0 Å². The van der Waals surface area contributed by atoms with Gasteiger partial charge in [0.25, 0.3) is 0 Å². The summed E-state index contributed by atoms with van der Waals surface area (Å²) in [7, 11) is -3.97. The van der Waals surface area contributed by atoms with E-state index in [1.165, 1.54) is 33.5 Å². The molecule has 0 bridgehead atoms. The first-order valence-electron chi connectivity index (χ1n) is 13.2. The number of anilines is 1. The number of carboxylic acid groups (broad SMARTS) is 1. The average molecular weight is 548 g/mol. The van der Waals surface area contributed by atoms with E-state index >= 15 is 0 Å². The van der Waals surface area contributed by atoms with Crippen LogP contribution in [0.3, 0.4) is 0 Å². The van der Waals surface area contributed by atoms with Crippen molar-refractivity contribution in [1.29, 1.82) is 0 Å². The Morgan fingerprint density at radius 1 is 1.11 bits per heavy atom. The van der Waals surface area contributed by atoms with E-state index in [0.717, 1.165) is 18.4 Å². The van der Waals surface area contributed by atoms with Gasteiger partial charge in [-0.25, -0.2) is 13.2 Å². The van der Waals surface area contributed by atoms with Crippen LogP contribution in [-0.4, -0.2) is 77.9 Å². The van der Waals surface area contributed by atoms with Crippen LogP contribution in [0.1, 0.15) is 45.6 Å². The van der Waals surface area contributed by atoms with Crippen molar-refractivity contribution >= 4 is 21.8 Å². The van der Waals surface area contributed by atoms with Crippen LogP contribution < -0.4 is 5.73 Å². The van der Waals surface area contributed by atoms with Crippen LogP contribution in [0, 0.1) is 5.92 Å². The average Bonchev–Trinajstić information content (AvgIpc) is 3.35. The number of nitrogen functional groups attached to an aromatic ring is 1. The second-order valence-corrected chi connectivity index (χ2v) is 12.4. The van der Waals surface area contributed by atoms with E-state index in [1.54, 1.807) is 0 Å². The van der Waals surface area contributed by atoms with E-state index in [2.05, 4.69) is 0 Å². The molecule has 1 aliphatic heterocycles. The van der Waals surface area contributed by atoms with Gasteiger partial charge in [-0.2, -0.15) is 4.31 Å². The summed E-state index contributed by atoms with van der Waals surface area (Å²) in [6.07, 6.45) is -0.0302. The lowest BCUT2D eigenvalue weighted by Crippen LogP contribution is -2.56. The molecule has 0 radical (unpaired) electrons. The van der Waals surface area contributed by atoms with Crippen LogP contribution in [0.25, 0.3) is 0 Å². The predicted molar refractivity (Wildman–Crippen MR) is 147 cm³/mol. The first-order chi connectivity index (χ1) is 18.0. The lowest BCUT2D eigenvalue weighted by Gasteiger charge is -2.40. The number of hydrogen-bond acceptors (Lipinski definition) is 6. The standard InChI is InChI=1S/C28H41N3O6S/c1-4-28(15-8-16-37-28)20-31(27(33)34)25(17-22-9-6-5-7-10-22)26(32)19-30(18-21(2)3)38(35,36)24-13-11-23(29)12-14-24/h5-7,9-14,21,25-26,32H,4,8,15-20,29H2,1-3H3,(H,33,34)/t25-,26+,28?/m0/s1. The maximum Gasteiger partial charge on any atom is 0.407 e. The molecule has 4 N–H and O–H groups in total. The Kier molecular flexibility index (Phi) is 10.2. The number of ether oxygens (including phenoxy) is 1. The van der Waals surface area contributed by atoms with Gasteiger partial charge in [0.05, 0.1) is 29.2 Å². The van der Waals surface area contributed by atoms with E-state index < -0.39 is 33.9 Å². The molecule has 0 saturated carbocycles. The van der Waals surface area contributed by atoms with Gasteiger partial charge in [-0.3, -0.25) is 4.90 Å². The molecular formula is C28H41N3O6S. The van der Waals surface area contributed by atoms with Crippen LogP contribution in [-0.2, 0) is 21.2 Å². The fourth-order valence-corrected chi connectivity index (χ4v) is 6.64. The van der Waals surface area contributed by atoms with Gasteiger partial charge in [-0.1, -0.05) is 51.1 Å². The SMILES string of the molecule is CCC1(CN(C(=O)O)[C@@H](Cc2ccccc2)[C@H](O)CN(CC(C)C)S(=O)(=O)c2ccc(N)cc2)CCCO1.